The van der Waals surface area contributed by atoms with Crippen LogP contribution >= 0.6 is 11.8 Å². The van der Waals surface area contributed by atoms with Crippen molar-refractivity contribution in [2.75, 3.05) is 6.26 Å². The monoisotopic (exact) mass is 221 g/mol. The van der Waals surface area contributed by atoms with E-state index in [1.807, 2.05) is 0 Å². The summed E-state index contributed by atoms with van der Waals surface area (Å²) in [5, 5.41) is 3.59. The molecule has 3 atom stereocenters. The summed E-state index contributed by atoms with van der Waals surface area (Å²) in [7, 11) is 0. The molecule has 0 radical (unpaired) electrons. The molecule has 1 nitrogen and oxygen atoms in total. The predicted octanol–water partition coefficient (Wildman–Crippen LogP) is 3.26. The van der Waals surface area contributed by atoms with Crippen LogP contribution in [0, 0.1) is 0 Å². The summed E-state index contributed by atoms with van der Waals surface area (Å²) in [6, 6.07) is 10.3. The number of hydrogen-bond acceptors (Lipinski definition) is 2. The average molecular weight is 221 g/mol. The zero-order valence-electron chi connectivity index (χ0n) is 9.66. The lowest BCUT2D eigenvalue weighted by Gasteiger charge is -2.15. The minimum absolute atomic E-state index is 0.611. The van der Waals surface area contributed by atoms with Crippen molar-refractivity contribution >= 4 is 11.8 Å². The zero-order valence-corrected chi connectivity index (χ0v) is 10.5. The molecule has 1 heterocycles. The summed E-state index contributed by atoms with van der Waals surface area (Å²) in [6.45, 7) is 4.56. The number of hydrogen-bond donors (Lipinski definition) is 1. The summed E-state index contributed by atoms with van der Waals surface area (Å²) in [5.41, 5.74) is 1.48. The zero-order chi connectivity index (χ0) is 10.8. The van der Waals surface area contributed by atoms with E-state index in [0.29, 0.717) is 18.0 Å². The molecule has 2 rings (SSSR count). The highest BCUT2D eigenvalue weighted by Gasteiger charge is 2.28. The van der Waals surface area contributed by atoms with Gasteiger partial charge in [-0.1, -0.05) is 12.1 Å². The fourth-order valence-electron chi connectivity index (χ4n) is 2.49. The van der Waals surface area contributed by atoms with Gasteiger partial charge in [-0.3, -0.25) is 0 Å². The Bertz CT molecular complexity index is 320. The molecule has 0 aliphatic carbocycles. The second kappa shape index (κ2) is 4.58. The third-order valence-corrected chi connectivity index (χ3v) is 4.05. The van der Waals surface area contributed by atoms with Crippen molar-refractivity contribution in [1.82, 2.24) is 5.32 Å². The van der Waals surface area contributed by atoms with Gasteiger partial charge in [0.25, 0.3) is 0 Å². The lowest BCUT2D eigenvalue weighted by Crippen LogP contribution is -2.26. The van der Waals surface area contributed by atoms with Crippen molar-refractivity contribution in [3.8, 4) is 0 Å². The second-order valence-corrected chi connectivity index (χ2v) is 5.35. The van der Waals surface area contributed by atoms with Gasteiger partial charge in [0.1, 0.15) is 0 Å². The fraction of sp³-hybridized carbons (Fsp3) is 0.538. The normalized spacial score (nSPS) is 30.7. The lowest BCUT2D eigenvalue weighted by molar-refractivity contribution is 0.574. The molecule has 0 spiro atoms. The first kappa shape index (κ1) is 11.0. The Balaban J connectivity index is 2.15. The third-order valence-electron chi connectivity index (χ3n) is 3.30. The van der Waals surface area contributed by atoms with Gasteiger partial charge >= 0.3 is 0 Å². The van der Waals surface area contributed by atoms with E-state index in [1.165, 1.54) is 16.9 Å². The quantitative estimate of drug-likeness (QED) is 0.769. The first-order valence-electron chi connectivity index (χ1n) is 5.60. The molecule has 3 unspecified atom stereocenters. The van der Waals surface area contributed by atoms with E-state index in [0.717, 1.165) is 0 Å². The van der Waals surface area contributed by atoms with Crippen molar-refractivity contribution in [2.24, 2.45) is 0 Å². The molecule has 15 heavy (non-hydrogen) atoms. The highest BCUT2D eigenvalue weighted by atomic mass is 32.2. The van der Waals surface area contributed by atoms with Crippen LogP contribution in [0.2, 0.25) is 0 Å². The van der Waals surface area contributed by atoms with Gasteiger partial charge in [0, 0.05) is 22.9 Å². The minimum Gasteiger partial charge on any atom is -0.311 e. The highest BCUT2D eigenvalue weighted by molar-refractivity contribution is 7.98. The molecule has 1 aliphatic rings. The van der Waals surface area contributed by atoms with Gasteiger partial charge in [-0.2, -0.15) is 0 Å². The standard InChI is InChI=1S/C13H19NS/c1-9-8-13(10(2)14-9)11-4-6-12(15-3)7-5-11/h4-7,9-10,13-14H,8H2,1-3H3. The topological polar surface area (TPSA) is 12.0 Å². The van der Waals surface area contributed by atoms with Gasteiger partial charge in [-0.15, -0.1) is 11.8 Å². The maximum absolute atomic E-state index is 3.59. The maximum Gasteiger partial charge on any atom is 0.0110 e. The SMILES string of the molecule is CSc1ccc(C2CC(C)NC2C)cc1. The molecule has 0 amide bonds. The molecule has 1 aliphatic heterocycles. The molecule has 1 aromatic carbocycles. The van der Waals surface area contributed by atoms with E-state index in [1.54, 1.807) is 11.8 Å². The van der Waals surface area contributed by atoms with Crippen LogP contribution in [-0.2, 0) is 0 Å². The van der Waals surface area contributed by atoms with Crippen LogP contribution in [-0.4, -0.2) is 18.3 Å². The van der Waals surface area contributed by atoms with Crippen LogP contribution in [0.3, 0.4) is 0 Å². The van der Waals surface area contributed by atoms with Crippen molar-refractivity contribution in [2.45, 2.75) is 43.2 Å². The van der Waals surface area contributed by atoms with E-state index in [4.69, 9.17) is 0 Å². The number of nitrogens with one attached hydrogen (secondary N) is 1. The van der Waals surface area contributed by atoms with Crippen LogP contribution in [0.25, 0.3) is 0 Å². The minimum atomic E-state index is 0.611. The van der Waals surface area contributed by atoms with Crippen LogP contribution in [0.4, 0.5) is 0 Å². The molecule has 1 saturated heterocycles. The number of benzene rings is 1. The first-order valence-corrected chi connectivity index (χ1v) is 6.83. The van der Waals surface area contributed by atoms with Gasteiger partial charge in [0.05, 0.1) is 0 Å². The van der Waals surface area contributed by atoms with Crippen LogP contribution in [0.15, 0.2) is 29.2 Å². The largest absolute Gasteiger partial charge is 0.311 e. The number of rotatable bonds is 2. The summed E-state index contributed by atoms with van der Waals surface area (Å²) in [5.74, 6) is 0.691. The highest BCUT2D eigenvalue weighted by Crippen LogP contribution is 2.31. The summed E-state index contributed by atoms with van der Waals surface area (Å²) >= 11 is 1.81. The third kappa shape index (κ3) is 2.37. The van der Waals surface area contributed by atoms with Crippen molar-refractivity contribution in [3.05, 3.63) is 29.8 Å². The van der Waals surface area contributed by atoms with Crippen LogP contribution < -0.4 is 5.32 Å². The van der Waals surface area contributed by atoms with E-state index in [9.17, 15) is 0 Å². The molecule has 1 aromatic rings. The Morgan fingerprint density at radius 1 is 1.20 bits per heavy atom. The Morgan fingerprint density at radius 2 is 1.87 bits per heavy atom. The fourth-order valence-corrected chi connectivity index (χ4v) is 2.90. The van der Waals surface area contributed by atoms with Gasteiger partial charge < -0.3 is 5.32 Å². The van der Waals surface area contributed by atoms with E-state index in [-0.39, 0.29) is 0 Å². The summed E-state index contributed by atoms with van der Waals surface area (Å²) < 4.78 is 0. The lowest BCUT2D eigenvalue weighted by atomic mass is 9.92. The van der Waals surface area contributed by atoms with E-state index < -0.39 is 0 Å². The van der Waals surface area contributed by atoms with Crippen molar-refractivity contribution < 1.29 is 0 Å². The van der Waals surface area contributed by atoms with E-state index in [2.05, 4.69) is 49.7 Å². The molecule has 1 fully saturated rings. The molecule has 0 saturated carbocycles. The maximum atomic E-state index is 3.59. The summed E-state index contributed by atoms with van der Waals surface area (Å²) in [4.78, 5) is 1.35. The van der Waals surface area contributed by atoms with E-state index >= 15 is 0 Å². The smallest absolute Gasteiger partial charge is 0.0110 e. The second-order valence-electron chi connectivity index (χ2n) is 4.47. The van der Waals surface area contributed by atoms with Gasteiger partial charge in [0.15, 0.2) is 0 Å². The molecular weight excluding hydrogens is 202 g/mol. The molecule has 0 bridgehead atoms. The molecule has 0 aromatic heterocycles. The first-order chi connectivity index (χ1) is 7.20. The van der Waals surface area contributed by atoms with Crippen LogP contribution in [0.1, 0.15) is 31.7 Å². The van der Waals surface area contributed by atoms with Gasteiger partial charge in [0.2, 0.25) is 0 Å². The molecular formula is C13H19NS. The molecule has 2 heteroatoms. The Labute approximate surface area is 96.7 Å². The van der Waals surface area contributed by atoms with Gasteiger partial charge in [-0.25, -0.2) is 0 Å². The Hall–Kier alpha value is -0.470. The molecule has 1 N–H and O–H groups in total. The Kier molecular flexibility index (Phi) is 3.37. The molecule has 82 valence electrons. The Morgan fingerprint density at radius 3 is 2.33 bits per heavy atom. The van der Waals surface area contributed by atoms with Crippen molar-refractivity contribution in [3.63, 3.8) is 0 Å². The van der Waals surface area contributed by atoms with Crippen molar-refractivity contribution in [1.29, 1.82) is 0 Å². The number of thioether (sulfide) groups is 1. The summed E-state index contributed by atoms with van der Waals surface area (Å²) in [6.07, 6.45) is 3.39. The average Bonchev–Trinajstić information content (AvgIpc) is 2.58. The van der Waals surface area contributed by atoms with Crippen LogP contribution in [0.5, 0.6) is 0 Å². The predicted molar refractivity (Wildman–Crippen MR) is 67.6 cm³/mol. The van der Waals surface area contributed by atoms with Gasteiger partial charge in [-0.05, 0) is 44.2 Å².